The summed E-state index contributed by atoms with van der Waals surface area (Å²) in [6.45, 7) is 0. The molecule has 0 saturated heterocycles. The van der Waals surface area contributed by atoms with E-state index in [2.05, 4.69) is 156 Å². The van der Waals surface area contributed by atoms with E-state index in [1.165, 1.54) is 31.6 Å². The van der Waals surface area contributed by atoms with Crippen molar-refractivity contribution in [1.29, 1.82) is 0 Å². The molecule has 0 spiro atoms. The van der Waals surface area contributed by atoms with Crippen molar-refractivity contribution >= 4 is 50.7 Å². The first-order valence-electron chi connectivity index (χ1n) is 12.2. The molecule has 1 heterocycles. The van der Waals surface area contributed by atoms with E-state index in [0.29, 0.717) is 0 Å². The fraction of sp³-hybridized carbons (Fsp3) is 0. The van der Waals surface area contributed by atoms with E-state index in [1.807, 2.05) is 6.07 Å². The second kappa shape index (κ2) is 11.8. The summed E-state index contributed by atoms with van der Waals surface area (Å²) in [6.07, 6.45) is -1.22. The quantitative estimate of drug-likeness (QED) is 0.181. The summed E-state index contributed by atoms with van der Waals surface area (Å²) >= 11 is 3.59. The van der Waals surface area contributed by atoms with E-state index in [0.717, 1.165) is 0 Å². The lowest BCUT2D eigenvalue weighted by Gasteiger charge is -2.44. The van der Waals surface area contributed by atoms with Crippen LogP contribution in [0.5, 0.6) is 0 Å². The standard InChI is InChI=1S/C24H20B.C9H7S2/c1-5-13-21(14-6-1)25(22-15-7-2-8-16-22,23-17-9-3-10-18-23)24-19-11-4-12-20-24;1-2-4-8(5-3-1)9-10-6-7-11-9/h1-20H;1-7H/q-1;+1. The normalized spacial score (nSPS) is 10.8. The van der Waals surface area contributed by atoms with Gasteiger partial charge < -0.3 is 0 Å². The van der Waals surface area contributed by atoms with Gasteiger partial charge in [0.2, 0.25) is 0 Å². The van der Waals surface area contributed by atoms with Crippen LogP contribution >= 0.6 is 22.7 Å². The summed E-state index contributed by atoms with van der Waals surface area (Å²) < 4.78 is 1.38. The van der Waals surface area contributed by atoms with Gasteiger partial charge in [0.1, 0.15) is 16.9 Å². The van der Waals surface area contributed by atoms with Crippen molar-refractivity contribution in [1.82, 2.24) is 0 Å². The molecule has 0 fully saturated rings. The zero-order valence-corrected chi connectivity index (χ0v) is 21.6. The Morgan fingerprint density at radius 3 is 1.06 bits per heavy atom. The molecule has 0 aliphatic carbocycles. The summed E-state index contributed by atoms with van der Waals surface area (Å²) in [5.41, 5.74) is 6.68. The SMILES string of the molecule is c1ccc(-c2scc[s+]2)cc1.c1ccc([B-](c2ccccc2)(c2ccccc2)c2ccccc2)cc1. The molecule has 1 aromatic heterocycles. The predicted molar refractivity (Wildman–Crippen MR) is 162 cm³/mol. The second-order valence-corrected chi connectivity index (χ2v) is 10.8. The first-order chi connectivity index (χ1) is 17.9. The lowest BCUT2D eigenvalue weighted by Crippen LogP contribution is -2.74. The minimum Gasteiger partial charge on any atom is -0.195 e. The van der Waals surface area contributed by atoms with Crippen LogP contribution < -0.4 is 21.9 Å². The van der Waals surface area contributed by atoms with Gasteiger partial charge in [-0.05, 0) is 12.1 Å². The molecule has 0 aliphatic heterocycles. The molecule has 5 aromatic carbocycles. The minimum absolute atomic E-state index is 1.22. The van der Waals surface area contributed by atoms with Crippen LogP contribution in [-0.4, -0.2) is 6.15 Å². The fourth-order valence-corrected chi connectivity index (χ4v) is 6.83. The summed E-state index contributed by atoms with van der Waals surface area (Å²) in [4.78, 5) is 0. The molecule has 0 amide bonds. The molecule has 0 unspecified atom stereocenters. The van der Waals surface area contributed by atoms with Crippen molar-refractivity contribution in [2.45, 2.75) is 0 Å². The van der Waals surface area contributed by atoms with Gasteiger partial charge in [-0.3, -0.25) is 0 Å². The molecule has 6 aromatic rings. The van der Waals surface area contributed by atoms with E-state index in [1.54, 1.807) is 22.7 Å². The van der Waals surface area contributed by atoms with Gasteiger partial charge in [0.05, 0.1) is 22.7 Å². The Balaban J connectivity index is 0.000000202. The van der Waals surface area contributed by atoms with Crippen molar-refractivity contribution in [3.63, 3.8) is 0 Å². The highest BCUT2D eigenvalue weighted by atomic mass is 32.2. The Morgan fingerprint density at radius 1 is 0.417 bits per heavy atom. The third-order valence-electron chi connectivity index (χ3n) is 6.61. The summed E-state index contributed by atoms with van der Waals surface area (Å²) in [6, 6.07) is 54.0. The zero-order valence-electron chi connectivity index (χ0n) is 20.0. The smallest absolute Gasteiger partial charge is 0.195 e. The predicted octanol–water partition coefficient (Wildman–Crippen LogP) is 6.82. The van der Waals surface area contributed by atoms with Crippen molar-refractivity contribution in [2.24, 2.45) is 0 Å². The van der Waals surface area contributed by atoms with Crippen LogP contribution in [-0.2, 0) is 0 Å². The Labute approximate surface area is 222 Å². The molecule has 0 atom stereocenters. The lowest BCUT2D eigenvalue weighted by molar-refractivity contribution is 1.66. The highest BCUT2D eigenvalue weighted by Gasteiger charge is 2.31. The van der Waals surface area contributed by atoms with Crippen molar-refractivity contribution in [3.8, 4) is 9.75 Å². The molecule has 36 heavy (non-hydrogen) atoms. The van der Waals surface area contributed by atoms with Crippen LogP contribution in [0, 0.1) is 0 Å². The molecule has 174 valence electrons. The molecular weight excluding hydrogens is 471 g/mol. The molecule has 3 heteroatoms. The van der Waals surface area contributed by atoms with Gasteiger partial charge in [0.25, 0.3) is 4.19 Å². The Morgan fingerprint density at radius 2 is 0.750 bits per heavy atom. The van der Waals surface area contributed by atoms with Crippen LogP contribution in [0.15, 0.2) is 162 Å². The fourth-order valence-electron chi connectivity index (χ4n) is 5.04. The van der Waals surface area contributed by atoms with Crippen molar-refractivity contribution in [2.75, 3.05) is 0 Å². The average molecular weight is 499 g/mol. The van der Waals surface area contributed by atoms with Crippen LogP contribution in [0.2, 0.25) is 0 Å². The average Bonchev–Trinajstić information content (AvgIpc) is 3.52. The summed E-state index contributed by atoms with van der Waals surface area (Å²) in [5, 5.41) is 4.24. The number of hydrogen-bond acceptors (Lipinski definition) is 1. The molecule has 0 saturated carbocycles. The van der Waals surface area contributed by atoms with Gasteiger partial charge in [-0.1, -0.05) is 140 Å². The van der Waals surface area contributed by atoms with Gasteiger partial charge in [-0.25, -0.2) is 0 Å². The Hall–Kier alpha value is -3.79. The van der Waals surface area contributed by atoms with Crippen molar-refractivity contribution < 1.29 is 0 Å². The first kappa shape index (κ1) is 23.9. The van der Waals surface area contributed by atoms with Gasteiger partial charge in [0.15, 0.2) is 0 Å². The van der Waals surface area contributed by atoms with Crippen LogP contribution in [0.1, 0.15) is 0 Å². The maximum Gasteiger partial charge on any atom is 0.284 e. The zero-order chi connectivity index (χ0) is 24.5. The molecule has 0 aliphatic rings. The molecule has 0 N–H and O–H groups in total. The minimum atomic E-state index is -1.22. The monoisotopic (exact) mass is 498 g/mol. The maximum absolute atomic E-state index is 2.26. The lowest BCUT2D eigenvalue weighted by atomic mass is 9.13. The third-order valence-corrected chi connectivity index (χ3v) is 8.81. The van der Waals surface area contributed by atoms with Crippen LogP contribution in [0.3, 0.4) is 0 Å². The molecule has 0 bridgehead atoms. The number of rotatable bonds is 5. The molecule has 0 radical (unpaired) electrons. The number of hydrogen-bond donors (Lipinski definition) is 0. The van der Waals surface area contributed by atoms with E-state index in [9.17, 15) is 0 Å². The van der Waals surface area contributed by atoms with Gasteiger partial charge in [-0.15, -0.1) is 0 Å². The van der Waals surface area contributed by atoms with E-state index < -0.39 is 6.15 Å². The van der Waals surface area contributed by atoms with Gasteiger partial charge in [-0.2, -0.15) is 21.9 Å². The maximum atomic E-state index is 2.26. The topological polar surface area (TPSA) is 0 Å². The summed E-state index contributed by atoms with van der Waals surface area (Å²) in [5.74, 6) is 0. The number of benzene rings is 5. The highest BCUT2D eigenvalue weighted by Crippen LogP contribution is 2.28. The molecule has 6 rings (SSSR count). The van der Waals surface area contributed by atoms with Gasteiger partial charge >= 0.3 is 0 Å². The second-order valence-electron chi connectivity index (χ2n) is 8.67. The summed E-state index contributed by atoms with van der Waals surface area (Å²) in [7, 11) is 0. The molecular formula is C33H27BS2. The largest absolute Gasteiger partial charge is 0.284 e. The highest BCUT2D eigenvalue weighted by molar-refractivity contribution is 7.33. The Bertz CT molecular complexity index is 1270. The van der Waals surface area contributed by atoms with Crippen LogP contribution in [0.4, 0.5) is 0 Å². The first-order valence-corrected chi connectivity index (χ1v) is 13.9. The van der Waals surface area contributed by atoms with E-state index in [4.69, 9.17) is 0 Å². The van der Waals surface area contributed by atoms with Gasteiger partial charge in [0, 0.05) is 5.56 Å². The van der Waals surface area contributed by atoms with Crippen molar-refractivity contribution in [3.05, 3.63) is 162 Å². The van der Waals surface area contributed by atoms with E-state index >= 15 is 0 Å². The molecule has 0 nitrogen and oxygen atoms in total. The van der Waals surface area contributed by atoms with Crippen LogP contribution in [0.25, 0.3) is 9.75 Å². The Kier molecular flexibility index (Phi) is 7.82. The van der Waals surface area contributed by atoms with E-state index in [-0.39, 0.29) is 0 Å². The third kappa shape index (κ3) is 5.08.